The monoisotopic (exact) mass is 568 g/mol. The number of carboxylic acids is 1. The fraction of sp³-hybridized carbons (Fsp3) is 0.188. The second-order valence-corrected chi connectivity index (χ2v) is 11.2. The molecule has 0 radical (unpaired) electrons. The molecule has 3 aromatic carbocycles. The Labute approximate surface area is 241 Å². The standard InChI is InChI=1S/C32H32N4O4S/c1-21-14-22(2)30(23(3)15-21)41(20-37)36-29(31(38)39)16-24-9-11-26(12-10-24)27-7-4-8-28(17-27)35-32(40)34-19-25-6-5-13-33-18-25/h4-15,17-18,29,36H,16,19H2,1-3H3,(H,38,39)(H2,34,35,40). The van der Waals surface area contributed by atoms with Crippen molar-refractivity contribution in [3.63, 3.8) is 0 Å². The molecule has 0 spiro atoms. The highest BCUT2D eigenvalue weighted by atomic mass is 32.2. The van der Waals surface area contributed by atoms with Crippen molar-refractivity contribution >= 4 is 33.6 Å². The molecule has 0 aliphatic rings. The first-order valence-electron chi connectivity index (χ1n) is 13.1. The maximum atomic E-state index is 12.4. The van der Waals surface area contributed by atoms with Crippen LogP contribution < -0.4 is 15.4 Å². The Kier molecular flexibility index (Phi) is 9.81. The average molecular weight is 569 g/mol. The van der Waals surface area contributed by atoms with Crippen molar-refractivity contribution in [1.29, 1.82) is 0 Å². The Morgan fingerprint density at radius 1 is 0.927 bits per heavy atom. The summed E-state index contributed by atoms with van der Waals surface area (Å²) in [5.74, 6) is -1.04. The predicted molar refractivity (Wildman–Crippen MR) is 162 cm³/mol. The van der Waals surface area contributed by atoms with E-state index < -0.39 is 22.7 Å². The maximum Gasteiger partial charge on any atom is 0.321 e. The van der Waals surface area contributed by atoms with Crippen LogP contribution in [0.25, 0.3) is 11.1 Å². The molecule has 8 nitrogen and oxygen atoms in total. The highest BCUT2D eigenvalue weighted by Crippen LogP contribution is 2.31. The minimum absolute atomic E-state index is 0.198. The first kappa shape index (κ1) is 29.4. The molecule has 0 aliphatic heterocycles. The molecule has 0 fully saturated rings. The van der Waals surface area contributed by atoms with Crippen LogP contribution in [-0.2, 0) is 22.6 Å². The number of pyridine rings is 1. The molecule has 0 bridgehead atoms. The lowest BCUT2D eigenvalue weighted by Crippen LogP contribution is -2.35. The fourth-order valence-corrected chi connectivity index (χ4v) is 6.12. The van der Waals surface area contributed by atoms with Gasteiger partial charge < -0.3 is 15.7 Å². The number of aliphatic carboxylic acids is 1. The number of carboxylic acid groups (broad SMARTS) is 1. The highest BCUT2D eigenvalue weighted by molar-refractivity contribution is 8.12. The third kappa shape index (κ3) is 7.99. The number of anilines is 1. The molecule has 2 atom stereocenters. The fourth-order valence-electron chi connectivity index (χ4n) is 4.64. The zero-order valence-electron chi connectivity index (χ0n) is 23.1. The van der Waals surface area contributed by atoms with Gasteiger partial charge in [-0.05, 0) is 89.4 Å². The van der Waals surface area contributed by atoms with Crippen molar-refractivity contribution in [1.82, 2.24) is 15.0 Å². The lowest BCUT2D eigenvalue weighted by Gasteiger charge is -2.19. The van der Waals surface area contributed by atoms with Crippen molar-refractivity contribution in [2.75, 3.05) is 5.32 Å². The molecular formula is C32H32N4O4S. The van der Waals surface area contributed by atoms with Gasteiger partial charge in [0.25, 0.3) is 0 Å². The number of hydrogen-bond donors (Lipinski definition) is 4. The molecule has 0 saturated carbocycles. The molecule has 4 N–H and O–H groups in total. The second-order valence-electron chi connectivity index (χ2n) is 9.78. The number of carbonyl (C=O) groups is 2. The molecule has 41 heavy (non-hydrogen) atoms. The van der Waals surface area contributed by atoms with Gasteiger partial charge in [-0.15, -0.1) is 0 Å². The van der Waals surface area contributed by atoms with Gasteiger partial charge in [0.15, 0.2) is 5.23 Å². The largest absolute Gasteiger partial charge is 0.480 e. The second kappa shape index (κ2) is 13.7. The quantitative estimate of drug-likeness (QED) is 0.177. The van der Waals surface area contributed by atoms with E-state index in [1.165, 1.54) is 0 Å². The SMILES string of the molecule is Cc1cc(C)c(S(=C=O)NC(Cc2ccc(-c3cccc(NC(=O)NCc4cccnc4)c3)cc2)C(=O)O)c(C)c1. The number of rotatable bonds is 10. The molecular weight excluding hydrogens is 536 g/mol. The molecule has 1 heterocycles. The van der Waals surface area contributed by atoms with Gasteiger partial charge in [0, 0.05) is 29.5 Å². The molecule has 210 valence electrons. The van der Waals surface area contributed by atoms with Crippen LogP contribution in [0.5, 0.6) is 0 Å². The van der Waals surface area contributed by atoms with Crippen molar-refractivity contribution in [3.05, 3.63) is 113 Å². The number of aryl methyl sites for hydroxylation is 3. The van der Waals surface area contributed by atoms with Gasteiger partial charge in [-0.3, -0.25) is 9.78 Å². The van der Waals surface area contributed by atoms with Gasteiger partial charge in [0.1, 0.15) is 6.04 Å². The molecule has 0 saturated heterocycles. The third-order valence-corrected chi connectivity index (χ3v) is 8.21. The van der Waals surface area contributed by atoms with E-state index in [1.54, 1.807) is 12.4 Å². The summed E-state index contributed by atoms with van der Waals surface area (Å²) in [6, 6.07) is 21.4. The summed E-state index contributed by atoms with van der Waals surface area (Å²) in [6.45, 7) is 6.19. The number of amides is 2. The normalized spacial score (nSPS) is 12.2. The van der Waals surface area contributed by atoms with Crippen LogP contribution in [0.15, 0.2) is 90.1 Å². The number of nitrogens with one attached hydrogen (secondary N) is 3. The summed E-state index contributed by atoms with van der Waals surface area (Å²) >= 11 is 0. The molecule has 9 heteroatoms. The number of hydrogen-bond acceptors (Lipinski definition) is 5. The molecule has 4 rings (SSSR count). The lowest BCUT2D eigenvalue weighted by molar-refractivity contribution is -0.138. The number of nitrogens with zero attached hydrogens (tertiary/aromatic N) is 1. The van der Waals surface area contributed by atoms with Crippen molar-refractivity contribution in [3.8, 4) is 11.1 Å². The van der Waals surface area contributed by atoms with E-state index in [9.17, 15) is 19.5 Å². The van der Waals surface area contributed by atoms with Crippen LogP contribution >= 0.6 is 10.7 Å². The minimum atomic E-state index is -1.18. The first-order chi connectivity index (χ1) is 19.7. The van der Waals surface area contributed by atoms with Gasteiger partial charge in [-0.1, -0.05) is 60.2 Å². The topological polar surface area (TPSA) is 120 Å². The minimum Gasteiger partial charge on any atom is -0.480 e. The Morgan fingerprint density at radius 3 is 2.29 bits per heavy atom. The summed E-state index contributed by atoms with van der Waals surface area (Å²) in [6.07, 6.45) is 3.58. The zero-order valence-corrected chi connectivity index (χ0v) is 23.9. The number of carbonyl (C=O) groups excluding carboxylic acids is 2. The van der Waals surface area contributed by atoms with Crippen LogP contribution in [0.1, 0.15) is 27.8 Å². The first-order valence-corrected chi connectivity index (χ1v) is 14.3. The van der Waals surface area contributed by atoms with E-state index in [0.717, 1.165) is 43.8 Å². The Morgan fingerprint density at radius 2 is 1.66 bits per heavy atom. The van der Waals surface area contributed by atoms with E-state index in [1.807, 2.05) is 98.8 Å². The molecule has 2 amide bonds. The van der Waals surface area contributed by atoms with E-state index in [0.29, 0.717) is 12.2 Å². The van der Waals surface area contributed by atoms with Gasteiger partial charge in [0.05, 0.1) is 0 Å². The van der Waals surface area contributed by atoms with Crippen molar-refractivity contribution < 1.29 is 19.5 Å². The average Bonchev–Trinajstić information content (AvgIpc) is 2.95. The Bertz CT molecular complexity index is 1580. The molecule has 1 aromatic heterocycles. The Hall–Kier alpha value is -4.56. The highest BCUT2D eigenvalue weighted by Gasteiger charge is 2.21. The summed E-state index contributed by atoms with van der Waals surface area (Å²) < 4.78 is 3.02. The molecule has 2 unspecified atom stereocenters. The smallest absolute Gasteiger partial charge is 0.321 e. The zero-order chi connectivity index (χ0) is 29.4. The predicted octanol–water partition coefficient (Wildman–Crippen LogP) is 5.89. The van der Waals surface area contributed by atoms with Gasteiger partial charge in [-0.2, -0.15) is 0 Å². The van der Waals surface area contributed by atoms with Crippen LogP contribution in [0, 0.1) is 20.8 Å². The lowest BCUT2D eigenvalue weighted by atomic mass is 10.0. The van der Waals surface area contributed by atoms with E-state index in [4.69, 9.17) is 0 Å². The van der Waals surface area contributed by atoms with Crippen molar-refractivity contribution in [2.24, 2.45) is 0 Å². The van der Waals surface area contributed by atoms with Crippen molar-refractivity contribution in [2.45, 2.75) is 44.7 Å². The van der Waals surface area contributed by atoms with E-state index in [-0.39, 0.29) is 12.5 Å². The van der Waals surface area contributed by atoms with Crippen LogP contribution in [0.2, 0.25) is 0 Å². The summed E-state index contributed by atoms with van der Waals surface area (Å²) in [4.78, 5) is 41.2. The Balaban J connectivity index is 1.42. The maximum absolute atomic E-state index is 12.4. The van der Waals surface area contributed by atoms with Crippen LogP contribution in [0.3, 0.4) is 0 Å². The van der Waals surface area contributed by atoms with Gasteiger partial charge >= 0.3 is 12.0 Å². The third-order valence-electron chi connectivity index (χ3n) is 6.47. The summed E-state index contributed by atoms with van der Waals surface area (Å²) in [5.41, 5.74) is 7.11. The van der Waals surface area contributed by atoms with E-state index >= 15 is 0 Å². The summed E-state index contributed by atoms with van der Waals surface area (Å²) in [5, 5.41) is 17.6. The molecule has 4 aromatic rings. The number of benzene rings is 3. The number of urea groups is 1. The number of aromatic nitrogens is 1. The molecule has 0 aliphatic carbocycles. The van der Waals surface area contributed by atoms with Crippen LogP contribution in [-0.4, -0.2) is 33.4 Å². The van der Waals surface area contributed by atoms with Gasteiger partial charge in [-0.25, -0.2) is 14.3 Å². The van der Waals surface area contributed by atoms with Crippen LogP contribution in [0.4, 0.5) is 10.5 Å². The van der Waals surface area contributed by atoms with Gasteiger partial charge in [0.2, 0.25) is 0 Å². The summed E-state index contributed by atoms with van der Waals surface area (Å²) in [7, 11) is -1.18. The van der Waals surface area contributed by atoms with E-state index in [2.05, 4.69) is 20.3 Å².